The van der Waals surface area contributed by atoms with E-state index >= 15 is 0 Å². The summed E-state index contributed by atoms with van der Waals surface area (Å²) < 4.78 is 5.20. The Hall–Kier alpha value is -0.160. The molecule has 1 aliphatic heterocycles. The van der Waals surface area contributed by atoms with Crippen LogP contribution in [0.2, 0.25) is 0 Å². The van der Waals surface area contributed by atoms with Gasteiger partial charge in [-0.25, -0.2) is 0 Å². The van der Waals surface area contributed by atoms with Crippen LogP contribution >= 0.6 is 0 Å². The average Bonchev–Trinajstić information content (AvgIpc) is 2.10. The first-order chi connectivity index (χ1) is 5.14. The van der Waals surface area contributed by atoms with Gasteiger partial charge in [-0.05, 0) is 6.92 Å². The second kappa shape index (κ2) is 3.49. The summed E-state index contributed by atoms with van der Waals surface area (Å²) in [6, 6.07) is 0. The lowest BCUT2D eigenvalue weighted by Gasteiger charge is -2.19. The Labute approximate surface area is 66.2 Å². The third kappa shape index (κ3) is 2.75. The van der Waals surface area contributed by atoms with Crippen molar-refractivity contribution in [2.75, 3.05) is 26.3 Å². The van der Waals surface area contributed by atoms with Gasteiger partial charge in [-0.3, -0.25) is 0 Å². The topological polar surface area (TPSA) is 61.7 Å². The van der Waals surface area contributed by atoms with Crippen LogP contribution in [0.25, 0.3) is 0 Å². The van der Waals surface area contributed by atoms with Crippen LogP contribution in [0.3, 0.4) is 0 Å². The van der Waals surface area contributed by atoms with Gasteiger partial charge >= 0.3 is 0 Å². The fraction of sp³-hybridized carbons (Fsp3) is 1.00. The van der Waals surface area contributed by atoms with Crippen LogP contribution in [-0.4, -0.2) is 48.2 Å². The smallest absolute Gasteiger partial charge is 0.0975 e. The van der Waals surface area contributed by atoms with Gasteiger partial charge in [0.25, 0.3) is 0 Å². The predicted molar refractivity (Wildman–Crippen MR) is 40.3 cm³/mol. The van der Waals surface area contributed by atoms with E-state index in [1.807, 2.05) is 0 Å². The summed E-state index contributed by atoms with van der Waals surface area (Å²) >= 11 is 0. The number of rotatable bonds is 1. The summed E-state index contributed by atoms with van der Waals surface area (Å²) in [5, 5.41) is 21.2. The summed E-state index contributed by atoms with van der Waals surface area (Å²) in [5.74, 6) is 0. The van der Waals surface area contributed by atoms with Crippen LogP contribution in [-0.2, 0) is 4.74 Å². The number of β-amino-alcohol motifs (C(OH)–C–C–N with tert-alkyl or cyclic N) is 1. The maximum Gasteiger partial charge on any atom is 0.0975 e. The zero-order valence-electron chi connectivity index (χ0n) is 6.71. The van der Waals surface area contributed by atoms with Crippen LogP contribution in [0, 0.1) is 0 Å². The summed E-state index contributed by atoms with van der Waals surface area (Å²) in [7, 11) is 0. The molecule has 1 unspecified atom stereocenters. The first kappa shape index (κ1) is 8.93. The third-order valence-corrected chi connectivity index (χ3v) is 1.71. The molecule has 0 spiro atoms. The van der Waals surface area contributed by atoms with E-state index in [0.717, 1.165) is 0 Å². The van der Waals surface area contributed by atoms with Crippen LogP contribution in [0.15, 0.2) is 0 Å². The van der Waals surface area contributed by atoms with Gasteiger partial charge in [-0.15, -0.1) is 0 Å². The molecule has 0 aromatic heterocycles. The molecule has 0 amide bonds. The second-order valence-corrected chi connectivity index (χ2v) is 3.24. The molecule has 1 heterocycles. The highest BCUT2D eigenvalue weighted by molar-refractivity contribution is 4.80. The van der Waals surface area contributed by atoms with Gasteiger partial charge in [0, 0.05) is 13.1 Å². The van der Waals surface area contributed by atoms with E-state index in [9.17, 15) is 5.11 Å². The molecule has 3 N–H and O–H groups in total. The fourth-order valence-corrected chi connectivity index (χ4v) is 1.03. The summed E-state index contributed by atoms with van der Waals surface area (Å²) in [6.07, 6.45) is -0.177. The van der Waals surface area contributed by atoms with Crippen LogP contribution in [0.4, 0.5) is 0 Å². The molecule has 11 heavy (non-hydrogen) atoms. The Morgan fingerprint density at radius 1 is 1.73 bits per heavy atom. The summed E-state index contributed by atoms with van der Waals surface area (Å²) in [4.78, 5) is 0. The maximum absolute atomic E-state index is 9.50. The molecular formula is C7H15NO3. The first-order valence-corrected chi connectivity index (χ1v) is 3.79. The highest BCUT2D eigenvalue weighted by Gasteiger charge is 2.25. The van der Waals surface area contributed by atoms with Gasteiger partial charge < -0.3 is 20.3 Å². The molecule has 4 nitrogen and oxygen atoms in total. The Kier molecular flexibility index (Phi) is 2.84. The minimum Gasteiger partial charge on any atom is -0.394 e. The predicted octanol–water partition coefficient (Wildman–Crippen LogP) is -1.28. The molecule has 66 valence electrons. The molecule has 0 aromatic carbocycles. The minimum absolute atomic E-state index is 0.00306. The minimum atomic E-state index is -0.802. The van der Waals surface area contributed by atoms with E-state index in [-0.39, 0.29) is 19.3 Å². The van der Waals surface area contributed by atoms with Crippen LogP contribution in [0.1, 0.15) is 6.92 Å². The molecule has 0 radical (unpaired) electrons. The number of aliphatic hydroxyl groups excluding tert-OH is 1. The van der Waals surface area contributed by atoms with Crippen molar-refractivity contribution in [1.29, 1.82) is 0 Å². The molecule has 4 heteroatoms. The van der Waals surface area contributed by atoms with E-state index in [2.05, 4.69) is 5.32 Å². The molecule has 0 aliphatic carbocycles. The third-order valence-electron chi connectivity index (χ3n) is 1.71. The van der Waals surface area contributed by atoms with Gasteiger partial charge in [0.05, 0.1) is 24.9 Å². The summed E-state index contributed by atoms with van der Waals surface area (Å²) in [6.45, 7) is 3.12. The highest BCUT2D eigenvalue weighted by Crippen LogP contribution is 2.07. The van der Waals surface area contributed by atoms with Crippen LogP contribution < -0.4 is 5.32 Å². The lowest BCUT2D eigenvalue weighted by atomic mass is 10.1. The van der Waals surface area contributed by atoms with E-state index in [4.69, 9.17) is 9.84 Å². The fourth-order valence-electron chi connectivity index (χ4n) is 1.03. The van der Waals surface area contributed by atoms with Crippen molar-refractivity contribution in [2.24, 2.45) is 0 Å². The molecule has 0 saturated carbocycles. The van der Waals surface area contributed by atoms with Gasteiger partial charge in [-0.2, -0.15) is 0 Å². The van der Waals surface area contributed by atoms with Crippen molar-refractivity contribution in [3.8, 4) is 0 Å². The molecule has 1 rings (SSSR count). The van der Waals surface area contributed by atoms with Gasteiger partial charge in [0.15, 0.2) is 0 Å². The van der Waals surface area contributed by atoms with Crippen molar-refractivity contribution in [3.63, 3.8) is 0 Å². The lowest BCUT2D eigenvalue weighted by molar-refractivity contribution is -0.0529. The van der Waals surface area contributed by atoms with Crippen molar-refractivity contribution >= 4 is 0 Å². The molecule has 1 aliphatic rings. The first-order valence-electron chi connectivity index (χ1n) is 3.79. The number of hydrogen-bond donors (Lipinski definition) is 3. The van der Waals surface area contributed by atoms with Crippen LogP contribution in [0.5, 0.6) is 0 Å². The zero-order chi connectivity index (χ0) is 8.32. The lowest BCUT2D eigenvalue weighted by Crippen LogP contribution is -2.38. The molecule has 0 bridgehead atoms. The largest absolute Gasteiger partial charge is 0.394 e. The van der Waals surface area contributed by atoms with Crippen molar-refractivity contribution in [2.45, 2.75) is 18.6 Å². The number of ether oxygens (including phenoxy) is 1. The van der Waals surface area contributed by atoms with E-state index in [1.54, 1.807) is 6.92 Å². The SMILES string of the molecule is C[C@]1(O)CNCC(CO)OC1. The second-order valence-electron chi connectivity index (χ2n) is 3.24. The van der Waals surface area contributed by atoms with E-state index < -0.39 is 5.60 Å². The molecule has 0 aromatic rings. The summed E-state index contributed by atoms with van der Waals surface area (Å²) in [5.41, 5.74) is -0.802. The van der Waals surface area contributed by atoms with Crippen molar-refractivity contribution < 1.29 is 14.9 Å². The normalized spacial score (nSPS) is 40.1. The molecule has 1 fully saturated rings. The maximum atomic E-state index is 9.50. The Morgan fingerprint density at radius 3 is 3.09 bits per heavy atom. The van der Waals surface area contributed by atoms with Gasteiger partial charge in [-0.1, -0.05) is 0 Å². The number of hydrogen-bond acceptors (Lipinski definition) is 4. The molecular weight excluding hydrogens is 146 g/mol. The average molecular weight is 161 g/mol. The molecule has 1 saturated heterocycles. The van der Waals surface area contributed by atoms with Gasteiger partial charge in [0.2, 0.25) is 0 Å². The zero-order valence-corrected chi connectivity index (χ0v) is 6.71. The number of aliphatic hydroxyl groups is 2. The van der Waals surface area contributed by atoms with E-state index in [1.165, 1.54) is 0 Å². The van der Waals surface area contributed by atoms with E-state index in [0.29, 0.717) is 13.1 Å². The Bertz CT molecular complexity index is 127. The Morgan fingerprint density at radius 2 is 2.45 bits per heavy atom. The number of nitrogens with one attached hydrogen (secondary N) is 1. The quantitative estimate of drug-likeness (QED) is 0.448. The van der Waals surface area contributed by atoms with Crippen molar-refractivity contribution in [1.82, 2.24) is 5.32 Å². The highest BCUT2D eigenvalue weighted by atomic mass is 16.5. The molecule has 2 atom stereocenters. The van der Waals surface area contributed by atoms with Gasteiger partial charge in [0.1, 0.15) is 0 Å². The van der Waals surface area contributed by atoms with Crippen molar-refractivity contribution in [3.05, 3.63) is 0 Å². The standard InChI is InChI=1S/C7H15NO3/c1-7(10)4-8-2-6(3-9)11-5-7/h6,8-10H,2-5H2,1H3/t6?,7-/m0/s1. The monoisotopic (exact) mass is 161 g/mol. The Balaban J connectivity index is 2.39.